The first-order chi connectivity index (χ1) is 11.1. The van der Waals surface area contributed by atoms with Gasteiger partial charge in [-0.15, -0.1) is 0 Å². The zero-order valence-electron chi connectivity index (χ0n) is 12.5. The highest BCUT2D eigenvalue weighted by molar-refractivity contribution is 9.10. The third-order valence-corrected chi connectivity index (χ3v) is 3.86. The SMILES string of the molecule is COc1ccc(/C=C(\C#N)C(=O)OCc2ccccc2Br)cc1. The molecule has 0 saturated heterocycles. The number of carbonyl (C=O) groups excluding carboxylic acids is 1. The van der Waals surface area contributed by atoms with Crippen LogP contribution in [0.1, 0.15) is 11.1 Å². The Hall–Kier alpha value is -2.58. The number of methoxy groups -OCH3 is 1. The summed E-state index contributed by atoms with van der Waals surface area (Å²) in [6, 6.07) is 16.3. The van der Waals surface area contributed by atoms with Gasteiger partial charge in [0.1, 0.15) is 24.0 Å². The van der Waals surface area contributed by atoms with Gasteiger partial charge in [-0.05, 0) is 29.8 Å². The molecular formula is C18H14BrNO3. The summed E-state index contributed by atoms with van der Waals surface area (Å²) in [7, 11) is 1.57. The second-order valence-electron chi connectivity index (χ2n) is 4.61. The van der Waals surface area contributed by atoms with E-state index in [2.05, 4.69) is 15.9 Å². The molecule has 23 heavy (non-hydrogen) atoms. The molecular weight excluding hydrogens is 358 g/mol. The van der Waals surface area contributed by atoms with Crippen LogP contribution in [0.3, 0.4) is 0 Å². The van der Waals surface area contributed by atoms with Crippen LogP contribution in [0.2, 0.25) is 0 Å². The van der Waals surface area contributed by atoms with Gasteiger partial charge in [0.05, 0.1) is 7.11 Å². The number of carbonyl (C=O) groups is 1. The van der Waals surface area contributed by atoms with Crippen LogP contribution in [0.15, 0.2) is 58.6 Å². The maximum absolute atomic E-state index is 12.0. The summed E-state index contributed by atoms with van der Waals surface area (Å²) >= 11 is 3.39. The topological polar surface area (TPSA) is 59.3 Å². The van der Waals surface area contributed by atoms with Gasteiger partial charge in [0, 0.05) is 10.0 Å². The number of esters is 1. The average molecular weight is 372 g/mol. The molecule has 116 valence electrons. The van der Waals surface area contributed by atoms with Crippen molar-refractivity contribution in [2.24, 2.45) is 0 Å². The molecule has 2 rings (SSSR count). The van der Waals surface area contributed by atoms with Crippen LogP contribution in [0.4, 0.5) is 0 Å². The molecule has 0 amide bonds. The number of nitriles is 1. The van der Waals surface area contributed by atoms with Gasteiger partial charge >= 0.3 is 5.97 Å². The van der Waals surface area contributed by atoms with E-state index >= 15 is 0 Å². The van der Waals surface area contributed by atoms with E-state index in [-0.39, 0.29) is 12.2 Å². The fourth-order valence-electron chi connectivity index (χ4n) is 1.84. The molecule has 0 atom stereocenters. The summed E-state index contributed by atoms with van der Waals surface area (Å²) in [6.07, 6.45) is 1.49. The first-order valence-electron chi connectivity index (χ1n) is 6.80. The second kappa shape index (κ2) is 8.16. The van der Waals surface area contributed by atoms with Gasteiger partial charge < -0.3 is 9.47 Å². The Bertz CT molecular complexity index is 761. The molecule has 0 heterocycles. The Morgan fingerprint density at radius 3 is 2.52 bits per heavy atom. The van der Waals surface area contributed by atoms with Gasteiger partial charge in [0.2, 0.25) is 0 Å². The van der Waals surface area contributed by atoms with Crippen LogP contribution in [0.5, 0.6) is 5.75 Å². The maximum Gasteiger partial charge on any atom is 0.349 e. The molecule has 0 aliphatic rings. The number of rotatable bonds is 5. The fourth-order valence-corrected chi connectivity index (χ4v) is 2.24. The smallest absolute Gasteiger partial charge is 0.349 e. The molecule has 0 radical (unpaired) electrons. The summed E-state index contributed by atoms with van der Waals surface area (Å²) in [5.41, 5.74) is 1.50. The van der Waals surface area contributed by atoms with Gasteiger partial charge in [-0.3, -0.25) is 0 Å². The van der Waals surface area contributed by atoms with E-state index in [4.69, 9.17) is 14.7 Å². The predicted molar refractivity (Wildman–Crippen MR) is 90.5 cm³/mol. The van der Waals surface area contributed by atoms with Crippen molar-refractivity contribution in [3.8, 4) is 11.8 Å². The largest absolute Gasteiger partial charge is 0.497 e. The Morgan fingerprint density at radius 1 is 1.22 bits per heavy atom. The number of halogens is 1. The molecule has 0 bridgehead atoms. The highest BCUT2D eigenvalue weighted by Crippen LogP contribution is 2.18. The van der Waals surface area contributed by atoms with Crippen molar-refractivity contribution in [2.45, 2.75) is 6.61 Å². The van der Waals surface area contributed by atoms with Crippen LogP contribution >= 0.6 is 15.9 Å². The number of ether oxygens (including phenoxy) is 2. The van der Waals surface area contributed by atoms with Crippen LogP contribution in [-0.4, -0.2) is 13.1 Å². The summed E-state index contributed by atoms with van der Waals surface area (Å²) in [4.78, 5) is 12.0. The highest BCUT2D eigenvalue weighted by Gasteiger charge is 2.11. The Morgan fingerprint density at radius 2 is 1.91 bits per heavy atom. The fraction of sp³-hybridized carbons (Fsp3) is 0.111. The number of benzene rings is 2. The molecule has 0 N–H and O–H groups in total. The van der Waals surface area contributed by atoms with Gasteiger partial charge in [-0.2, -0.15) is 5.26 Å². The van der Waals surface area contributed by atoms with E-state index in [9.17, 15) is 4.79 Å². The maximum atomic E-state index is 12.0. The molecule has 0 spiro atoms. The van der Waals surface area contributed by atoms with Gasteiger partial charge in [0.25, 0.3) is 0 Å². The van der Waals surface area contributed by atoms with Gasteiger partial charge in [-0.1, -0.05) is 46.3 Å². The van der Waals surface area contributed by atoms with Gasteiger partial charge in [0.15, 0.2) is 0 Å². The highest BCUT2D eigenvalue weighted by atomic mass is 79.9. The van der Waals surface area contributed by atoms with Crippen molar-refractivity contribution >= 4 is 28.0 Å². The summed E-state index contributed by atoms with van der Waals surface area (Å²) in [5, 5.41) is 9.16. The summed E-state index contributed by atoms with van der Waals surface area (Å²) in [5.74, 6) is 0.0521. The molecule has 2 aromatic rings. The van der Waals surface area contributed by atoms with E-state index in [1.807, 2.05) is 30.3 Å². The number of nitrogens with zero attached hydrogens (tertiary/aromatic N) is 1. The predicted octanol–water partition coefficient (Wildman–Crippen LogP) is 4.11. The third kappa shape index (κ3) is 4.70. The molecule has 4 nitrogen and oxygen atoms in total. The van der Waals surface area contributed by atoms with Crippen molar-refractivity contribution in [2.75, 3.05) is 7.11 Å². The summed E-state index contributed by atoms with van der Waals surface area (Å²) < 4.78 is 11.1. The van der Waals surface area contributed by atoms with Crippen LogP contribution < -0.4 is 4.74 Å². The van der Waals surface area contributed by atoms with Crippen LogP contribution in [0.25, 0.3) is 6.08 Å². The second-order valence-corrected chi connectivity index (χ2v) is 5.46. The van der Waals surface area contributed by atoms with E-state index in [1.165, 1.54) is 6.08 Å². The monoisotopic (exact) mass is 371 g/mol. The van der Waals surface area contributed by atoms with Crippen molar-refractivity contribution in [1.82, 2.24) is 0 Å². The first-order valence-corrected chi connectivity index (χ1v) is 7.59. The van der Waals surface area contributed by atoms with E-state index in [0.29, 0.717) is 5.75 Å². The Labute approximate surface area is 143 Å². The van der Waals surface area contributed by atoms with Crippen molar-refractivity contribution in [3.05, 3.63) is 69.7 Å². The van der Waals surface area contributed by atoms with Gasteiger partial charge in [-0.25, -0.2) is 4.79 Å². The molecule has 5 heteroatoms. The molecule has 0 saturated carbocycles. The third-order valence-electron chi connectivity index (χ3n) is 3.08. The first kappa shape index (κ1) is 16.8. The van der Waals surface area contributed by atoms with E-state index < -0.39 is 5.97 Å². The van der Waals surface area contributed by atoms with Crippen LogP contribution in [-0.2, 0) is 16.1 Å². The van der Waals surface area contributed by atoms with Crippen molar-refractivity contribution in [3.63, 3.8) is 0 Å². The van der Waals surface area contributed by atoms with E-state index in [1.54, 1.807) is 31.4 Å². The molecule has 0 aliphatic carbocycles. The zero-order chi connectivity index (χ0) is 16.7. The number of hydrogen-bond acceptors (Lipinski definition) is 4. The standard InChI is InChI=1S/C18H14BrNO3/c1-22-16-8-6-13(7-9-16)10-15(11-20)18(21)23-12-14-4-2-3-5-17(14)19/h2-10H,12H2,1H3/b15-10+. The molecule has 0 unspecified atom stereocenters. The lowest BCUT2D eigenvalue weighted by molar-refractivity contribution is -0.139. The quantitative estimate of drug-likeness (QED) is 0.450. The lowest BCUT2D eigenvalue weighted by atomic mass is 10.1. The van der Waals surface area contributed by atoms with Crippen molar-refractivity contribution < 1.29 is 14.3 Å². The average Bonchev–Trinajstić information content (AvgIpc) is 2.59. The lowest BCUT2D eigenvalue weighted by Gasteiger charge is -2.06. The Kier molecular flexibility index (Phi) is 5.95. The Balaban J connectivity index is 2.07. The minimum Gasteiger partial charge on any atom is -0.497 e. The minimum atomic E-state index is -0.654. The molecule has 2 aromatic carbocycles. The molecule has 0 aliphatic heterocycles. The van der Waals surface area contributed by atoms with Crippen molar-refractivity contribution in [1.29, 1.82) is 5.26 Å². The summed E-state index contributed by atoms with van der Waals surface area (Å²) in [6.45, 7) is 0.0991. The number of hydrogen-bond donors (Lipinski definition) is 0. The normalized spacial score (nSPS) is 10.7. The van der Waals surface area contributed by atoms with E-state index in [0.717, 1.165) is 15.6 Å². The molecule has 0 aromatic heterocycles. The van der Waals surface area contributed by atoms with Crippen LogP contribution in [0, 0.1) is 11.3 Å². The minimum absolute atomic E-state index is 0.0535. The lowest BCUT2D eigenvalue weighted by Crippen LogP contribution is -2.07. The molecule has 0 fully saturated rings. The zero-order valence-corrected chi connectivity index (χ0v) is 14.0.